The average Bonchev–Trinajstić information content (AvgIpc) is 2.67. The number of hydrogen-bond acceptors (Lipinski definition) is 5. The maximum atomic E-state index is 12.0. The van der Waals surface area contributed by atoms with E-state index >= 15 is 0 Å². The van der Waals surface area contributed by atoms with Crippen molar-refractivity contribution in [3.63, 3.8) is 0 Å². The van der Waals surface area contributed by atoms with Gasteiger partial charge >= 0.3 is 0 Å². The molecule has 0 bridgehead atoms. The van der Waals surface area contributed by atoms with Crippen LogP contribution in [0.5, 0.6) is 0 Å². The van der Waals surface area contributed by atoms with Gasteiger partial charge in [0.15, 0.2) is 5.96 Å². The van der Waals surface area contributed by atoms with Gasteiger partial charge in [0, 0.05) is 11.4 Å². The van der Waals surface area contributed by atoms with Crippen molar-refractivity contribution in [1.82, 2.24) is 10.6 Å². The molecule has 3 heterocycles. The number of fused-ring (bicyclic) bond motifs is 1. The Labute approximate surface area is 110 Å². The van der Waals surface area contributed by atoms with Crippen LogP contribution < -0.4 is 16.4 Å². The molecular formula is C12H16N4OS. The molecule has 3 aliphatic rings. The third kappa shape index (κ3) is 1.85. The molecule has 2 atom stereocenters. The first-order chi connectivity index (χ1) is 8.66. The number of thioether (sulfide) groups is 1. The Morgan fingerprint density at radius 2 is 2.39 bits per heavy atom. The summed E-state index contributed by atoms with van der Waals surface area (Å²) >= 11 is 1.67. The summed E-state index contributed by atoms with van der Waals surface area (Å²) < 4.78 is 0. The first kappa shape index (κ1) is 11.8. The molecule has 0 aromatic rings. The molecule has 0 aliphatic carbocycles. The summed E-state index contributed by atoms with van der Waals surface area (Å²) in [7, 11) is 0. The molecule has 1 amide bonds. The summed E-state index contributed by atoms with van der Waals surface area (Å²) in [6.07, 6.45) is 3.22. The van der Waals surface area contributed by atoms with Crippen LogP contribution in [0.15, 0.2) is 27.1 Å². The molecular weight excluding hydrogens is 248 g/mol. The Morgan fingerprint density at radius 1 is 1.56 bits per heavy atom. The second kappa shape index (κ2) is 4.44. The first-order valence-electron chi connectivity index (χ1n) is 6.08. The minimum absolute atomic E-state index is 0.0259. The third-order valence-electron chi connectivity index (χ3n) is 3.50. The number of nitrogens with two attached hydrogens (primary N) is 1. The Morgan fingerprint density at radius 3 is 3.11 bits per heavy atom. The summed E-state index contributed by atoms with van der Waals surface area (Å²) in [5.74, 6) is 0.0530. The lowest BCUT2D eigenvalue weighted by molar-refractivity contribution is -0.122. The van der Waals surface area contributed by atoms with Crippen molar-refractivity contribution in [1.29, 1.82) is 0 Å². The summed E-state index contributed by atoms with van der Waals surface area (Å²) in [6, 6.07) is 0. The van der Waals surface area contributed by atoms with E-state index in [0.717, 1.165) is 25.1 Å². The zero-order valence-corrected chi connectivity index (χ0v) is 11.0. The predicted octanol–water partition coefficient (Wildman–Crippen LogP) is 0.314. The lowest BCUT2D eigenvalue weighted by atomic mass is 9.95. The van der Waals surface area contributed by atoms with Crippen LogP contribution in [-0.2, 0) is 4.79 Å². The largest absolute Gasteiger partial charge is 0.370 e. The lowest BCUT2D eigenvalue weighted by Gasteiger charge is -2.22. The standard InChI is InChI=1S/C12H16N4OS/c1-6-8-10(17)15-12(13)16-11(8)18-9(6)7-2-4-14-5-3-7/h2,8,11,14H,3-5H2,1H3,(H3,13,15,16,17). The molecule has 0 radical (unpaired) electrons. The molecule has 2 unspecified atom stereocenters. The van der Waals surface area contributed by atoms with Crippen molar-refractivity contribution < 1.29 is 4.79 Å². The number of nitrogens with zero attached hydrogens (tertiary/aromatic N) is 1. The van der Waals surface area contributed by atoms with E-state index in [0.29, 0.717) is 0 Å². The fourth-order valence-corrected chi connectivity index (χ4v) is 4.12. The van der Waals surface area contributed by atoms with Gasteiger partial charge in [-0.15, -0.1) is 0 Å². The van der Waals surface area contributed by atoms with Crippen LogP contribution in [0.2, 0.25) is 0 Å². The van der Waals surface area contributed by atoms with Crippen molar-refractivity contribution in [3.8, 4) is 0 Å². The van der Waals surface area contributed by atoms with Crippen LogP contribution >= 0.6 is 11.8 Å². The first-order valence-corrected chi connectivity index (χ1v) is 6.96. The van der Waals surface area contributed by atoms with E-state index < -0.39 is 0 Å². The zero-order chi connectivity index (χ0) is 12.7. The number of allylic oxidation sites excluding steroid dienone is 1. The Kier molecular flexibility index (Phi) is 2.91. The monoisotopic (exact) mass is 264 g/mol. The van der Waals surface area contributed by atoms with Crippen molar-refractivity contribution >= 4 is 23.6 Å². The highest BCUT2D eigenvalue weighted by atomic mass is 32.2. The number of rotatable bonds is 1. The highest BCUT2D eigenvalue weighted by molar-refractivity contribution is 8.04. The van der Waals surface area contributed by atoms with Gasteiger partial charge in [-0.3, -0.25) is 10.1 Å². The van der Waals surface area contributed by atoms with Gasteiger partial charge in [0.25, 0.3) is 0 Å². The molecule has 0 spiro atoms. The molecule has 3 aliphatic heterocycles. The number of hydrogen-bond donors (Lipinski definition) is 3. The Balaban J connectivity index is 1.94. The highest BCUT2D eigenvalue weighted by Crippen LogP contribution is 2.47. The van der Waals surface area contributed by atoms with Gasteiger partial charge in [-0.2, -0.15) is 0 Å². The summed E-state index contributed by atoms with van der Waals surface area (Å²) in [4.78, 5) is 17.5. The normalized spacial score (nSPS) is 31.7. The Hall–Kier alpha value is -1.27. The second-order valence-electron chi connectivity index (χ2n) is 4.69. The zero-order valence-electron chi connectivity index (χ0n) is 10.2. The molecule has 0 aromatic carbocycles. The van der Waals surface area contributed by atoms with Crippen LogP contribution in [0.3, 0.4) is 0 Å². The van der Waals surface area contributed by atoms with Crippen LogP contribution in [0.1, 0.15) is 13.3 Å². The fraction of sp³-hybridized carbons (Fsp3) is 0.500. The minimum Gasteiger partial charge on any atom is -0.370 e. The molecule has 0 saturated heterocycles. The van der Waals surface area contributed by atoms with Crippen LogP contribution in [0.25, 0.3) is 0 Å². The molecule has 96 valence electrons. The molecule has 4 N–H and O–H groups in total. The van der Waals surface area contributed by atoms with Crippen LogP contribution in [0.4, 0.5) is 0 Å². The molecule has 5 nitrogen and oxygen atoms in total. The van der Waals surface area contributed by atoms with Gasteiger partial charge in [0.2, 0.25) is 5.91 Å². The second-order valence-corrected chi connectivity index (χ2v) is 5.81. The van der Waals surface area contributed by atoms with Crippen LogP contribution in [0, 0.1) is 5.92 Å². The van der Waals surface area contributed by atoms with Gasteiger partial charge in [0.1, 0.15) is 5.37 Å². The minimum atomic E-state index is -0.159. The van der Waals surface area contributed by atoms with Crippen molar-refractivity contribution in [2.24, 2.45) is 16.6 Å². The Bertz CT molecular complexity index is 494. The molecule has 0 saturated carbocycles. The van der Waals surface area contributed by atoms with E-state index in [9.17, 15) is 4.79 Å². The highest BCUT2D eigenvalue weighted by Gasteiger charge is 2.41. The molecule has 18 heavy (non-hydrogen) atoms. The van der Waals surface area contributed by atoms with E-state index in [1.165, 1.54) is 10.5 Å². The summed E-state index contributed by atoms with van der Waals surface area (Å²) in [5.41, 5.74) is 8.08. The van der Waals surface area contributed by atoms with E-state index in [1.54, 1.807) is 11.8 Å². The molecule has 3 rings (SSSR count). The maximum absolute atomic E-state index is 12.0. The number of amides is 1. The van der Waals surface area contributed by atoms with E-state index in [-0.39, 0.29) is 23.2 Å². The SMILES string of the molecule is CC1=C(C2=CCNCC2)SC2N=C(N)NC(=O)C12. The van der Waals surface area contributed by atoms with Gasteiger partial charge in [0.05, 0.1) is 5.92 Å². The quantitative estimate of drug-likeness (QED) is 0.637. The average molecular weight is 264 g/mol. The third-order valence-corrected chi connectivity index (χ3v) is 4.94. The lowest BCUT2D eigenvalue weighted by Crippen LogP contribution is -2.47. The number of aliphatic imine (C=N–C) groups is 1. The number of guanidine groups is 1. The number of nitrogens with one attached hydrogen (secondary N) is 2. The van der Waals surface area contributed by atoms with Gasteiger partial charge in [-0.05, 0) is 31.0 Å². The topological polar surface area (TPSA) is 79.5 Å². The summed E-state index contributed by atoms with van der Waals surface area (Å²) in [5, 5.41) is 5.83. The van der Waals surface area contributed by atoms with E-state index in [2.05, 4.69) is 21.7 Å². The van der Waals surface area contributed by atoms with Crippen molar-refractivity contribution in [3.05, 3.63) is 22.1 Å². The fourth-order valence-electron chi connectivity index (χ4n) is 2.59. The molecule has 0 aromatic heterocycles. The molecule has 6 heteroatoms. The maximum Gasteiger partial charge on any atom is 0.236 e. The van der Waals surface area contributed by atoms with Crippen LogP contribution in [-0.4, -0.2) is 30.3 Å². The summed E-state index contributed by atoms with van der Waals surface area (Å²) in [6.45, 7) is 3.93. The predicted molar refractivity (Wildman–Crippen MR) is 72.9 cm³/mol. The van der Waals surface area contributed by atoms with Gasteiger partial charge < -0.3 is 11.1 Å². The molecule has 0 fully saturated rings. The van der Waals surface area contributed by atoms with Gasteiger partial charge in [-0.1, -0.05) is 17.8 Å². The van der Waals surface area contributed by atoms with Crippen molar-refractivity contribution in [2.75, 3.05) is 13.1 Å². The van der Waals surface area contributed by atoms with E-state index in [1.807, 2.05) is 6.92 Å². The van der Waals surface area contributed by atoms with Crippen molar-refractivity contribution in [2.45, 2.75) is 18.7 Å². The van der Waals surface area contributed by atoms with Gasteiger partial charge in [-0.25, -0.2) is 4.99 Å². The number of carbonyl (C=O) groups is 1. The van der Waals surface area contributed by atoms with E-state index in [4.69, 9.17) is 5.73 Å². The smallest absolute Gasteiger partial charge is 0.236 e. The number of carbonyl (C=O) groups excluding carboxylic acids is 1.